The van der Waals surface area contributed by atoms with Gasteiger partial charge in [-0.3, -0.25) is 0 Å². The quantitative estimate of drug-likeness (QED) is 0.139. The van der Waals surface area contributed by atoms with Crippen LogP contribution in [0.2, 0.25) is 0 Å². The Morgan fingerprint density at radius 1 is 0.392 bits per heavy atom. The Kier molecular flexibility index (Phi) is 7.62. The smallest absolute Gasteiger partial charge is 0.423 e. The highest BCUT2D eigenvalue weighted by atomic mass is 16.4. The molecule has 0 radical (unpaired) electrons. The van der Waals surface area contributed by atoms with Crippen LogP contribution in [-0.2, 0) is 0 Å². The van der Waals surface area contributed by atoms with E-state index < -0.39 is 7.12 Å². The van der Waals surface area contributed by atoms with Crippen molar-refractivity contribution in [2.75, 3.05) is 0 Å². The lowest BCUT2D eigenvalue weighted by atomic mass is 9.79. The highest BCUT2D eigenvalue weighted by Gasteiger charge is 2.24. The molecule has 0 unspecified atom stereocenters. The van der Waals surface area contributed by atoms with Crippen LogP contribution in [0.3, 0.4) is 0 Å². The van der Waals surface area contributed by atoms with Crippen molar-refractivity contribution in [3.05, 3.63) is 162 Å². The number of aromatic amines is 2. The van der Waals surface area contributed by atoms with Crippen LogP contribution in [0, 0.1) is 0 Å². The summed E-state index contributed by atoms with van der Waals surface area (Å²) < 4.78 is 0. The van der Waals surface area contributed by atoms with Gasteiger partial charge in [0.05, 0.1) is 22.8 Å². The highest BCUT2D eigenvalue weighted by Crippen LogP contribution is 2.38. The third kappa shape index (κ3) is 5.51. The number of hydrogen-bond donors (Lipinski definition) is 4. The van der Waals surface area contributed by atoms with Crippen LogP contribution in [-0.4, -0.2) is 37.1 Å². The van der Waals surface area contributed by atoms with Gasteiger partial charge in [0, 0.05) is 49.8 Å². The molecule has 5 heterocycles. The van der Waals surface area contributed by atoms with E-state index in [4.69, 9.17) is 9.97 Å². The van der Waals surface area contributed by atoms with E-state index >= 15 is 0 Å². The summed E-state index contributed by atoms with van der Waals surface area (Å²) in [5.41, 5.74) is 13.9. The molecule has 8 bridgehead atoms. The van der Waals surface area contributed by atoms with Crippen LogP contribution in [0.1, 0.15) is 22.8 Å². The summed E-state index contributed by atoms with van der Waals surface area (Å²) in [5.74, 6) is 0. The van der Waals surface area contributed by atoms with Crippen molar-refractivity contribution in [3.8, 4) is 44.5 Å². The molecule has 6 nitrogen and oxygen atoms in total. The number of aromatic nitrogens is 4. The zero-order chi connectivity index (χ0) is 34.3. The summed E-state index contributed by atoms with van der Waals surface area (Å²) >= 11 is 0. The summed E-state index contributed by atoms with van der Waals surface area (Å²) in [6.45, 7) is 0. The van der Waals surface area contributed by atoms with Gasteiger partial charge in [-0.05, 0) is 64.8 Å². The summed E-state index contributed by atoms with van der Waals surface area (Å²) in [6, 6.07) is 46.6. The maximum absolute atomic E-state index is 10.9. The molecule has 51 heavy (non-hydrogen) atoms. The van der Waals surface area contributed by atoms with Gasteiger partial charge < -0.3 is 20.0 Å². The monoisotopic (exact) mass is 658 g/mol. The van der Waals surface area contributed by atoms with E-state index in [-0.39, 0.29) is 0 Å². The van der Waals surface area contributed by atoms with E-state index in [9.17, 15) is 10.0 Å². The van der Waals surface area contributed by atoms with E-state index in [0.29, 0.717) is 22.2 Å². The first-order valence-corrected chi connectivity index (χ1v) is 16.9. The third-order valence-corrected chi connectivity index (χ3v) is 9.42. The topological polar surface area (TPSA) is 97.8 Å². The number of nitrogens with zero attached hydrogens (tertiary/aromatic N) is 2. The number of rotatable bonds is 5. The normalized spacial score (nSPS) is 12.0. The van der Waals surface area contributed by atoms with Gasteiger partial charge in [-0.1, -0.05) is 121 Å². The fourth-order valence-corrected chi connectivity index (χ4v) is 7.15. The van der Waals surface area contributed by atoms with Crippen LogP contribution >= 0.6 is 0 Å². The summed E-state index contributed by atoms with van der Waals surface area (Å²) in [7, 11) is -1.75. The highest BCUT2D eigenvalue weighted by molar-refractivity contribution is 6.62. The van der Waals surface area contributed by atoms with Crippen molar-refractivity contribution in [2.24, 2.45) is 0 Å². The Labute approximate surface area is 295 Å². The van der Waals surface area contributed by atoms with Crippen LogP contribution in [0.15, 0.2) is 140 Å². The maximum Gasteiger partial charge on any atom is 0.490 e. The number of hydrogen-bond acceptors (Lipinski definition) is 4. The Bertz CT molecular complexity index is 2650. The molecule has 0 saturated carbocycles. The van der Waals surface area contributed by atoms with Gasteiger partial charge in [0.1, 0.15) is 0 Å². The molecule has 3 aromatic heterocycles. The largest absolute Gasteiger partial charge is 0.490 e. The molecular weight excluding hydrogens is 627 g/mol. The van der Waals surface area contributed by atoms with Crippen LogP contribution < -0.4 is 5.46 Å². The standard InChI is InChI=1S/C44H31BN4O2/c50-45(51)32-27-39-42(30-17-9-3-10-18-30)37-24-23-35(47-37)40(28-13-5-1-6-14-28)33-21-22-34(46-33)41(29-15-7-2-8-16-29)36-25-26-38(48-36)43(44(32)49-39)31-19-11-4-12-20-31/h1-27,46,49-51H. The Hall–Kier alpha value is -6.54. The van der Waals surface area contributed by atoms with Gasteiger partial charge in [-0.2, -0.15) is 0 Å². The van der Waals surface area contributed by atoms with Crippen LogP contribution in [0.25, 0.3) is 90.9 Å². The molecule has 4 N–H and O–H groups in total. The van der Waals surface area contributed by atoms with Gasteiger partial charge in [0.25, 0.3) is 0 Å². The molecule has 2 aliphatic heterocycles. The first-order chi connectivity index (χ1) is 25.1. The lowest BCUT2D eigenvalue weighted by Gasteiger charge is -2.07. The molecule has 0 fully saturated rings. The molecule has 0 spiro atoms. The van der Waals surface area contributed by atoms with E-state index in [0.717, 1.165) is 72.6 Å². The maximum atomic E-state index is 10.9. The van der Waals surface area contributed by atoms with Gasteiger partial charge in [-0.15, -0.1) is 0 Å². The molecule has 2 aliphatic rings. The second-order valence-electron chi connectivity index (χ2n) is 12.6. The van der Waals surface area contributed by atoms with Crippen molar-refractivity contribution in [1.29, 1.82) is 0 Å². The average molecular weight is 659 g/mol. The molecule has 7 heteroatoms. The van der Waals surface area contributed by atoms with Crippen molar-refractivity contribution >= 4 is 59.0 Å². The first-order valence-electron chi connectivity index (χ1n) is 16.9. The molecule has 9 rings (SSSR count). The zero-order valence-corrected chi connectivity index (χ0v) is 27.5. The fraction of sp³-hybridized carbons (Fsp3) is 0. The molecule has 0 aliphatic carbocycles. The zero-order valence-electron chi connectivity index (χ0n) is 27.5. The molecule has 242 valence electrons. The minimum absolute atomic E-state index is 0.343. The summed E-state index contributed by atoms with van der Waals surface area (Å²) in [6.07, 6.45) is 8.13. The van der Waals surface area contributed by atoms with Crippen molar-refractivity contribution in [2.45, 2.75) is 0 Å². The van der Waals surface area contributed by atoms with Crippen molar-refractivity contribution in [1.82, 2.24) is 19.9 Å². The number of fused-ring (bicyclic) bond motifs is 8. The number of nitrogens with one attached hydrogen (secondary N) is 2. The minimum Gasteiger partial charge on any atom is -0.423 e. The van der Waals surface area contributed by atoms with Crippen LogP contribution in [0.5, 0.6) is 0 Å². The molecule has 0 atom stereocenters. The SMILES string of the molecule is OB(O)c1cc2[nH]c1c(-c1ccccc1)c1nc(c(-c3ccccc3)c3ccc([nH]3)c(-c3ccccc3)c3nc(c2-c2ccccc2)C=C3)C=C1. The predicted octanol–water partition coefficient (Wildman–Crippen LogP) is 9.00. The Morgan fingerprint density at radius 3 is 1.14 bits per heavy atom. The van der Waals surface area contributed by atoms with Crippen molar-refractivity contribution in [3.63, 3.8) is 0 Å². The lowest BCUT2D eigenvalue weighted by molar-refractivity contribution is 0.426. The number of H-pyrrole nitrogens is 2. The predicted molar refractivity (Wildman–Crippen MR) is 210 cm³/mol. The minimum atomic E-state index is -1.75. The fourth-order valence-electron chi connectivity index (χ4n) is 7.15. The van der Waals surface area contributed by atoms with Crippen LogP contribution in [0.4, 0.5) is 0 Å². The Balaban J connectivity index is 1.52. The van der Waals surface area contributed by atoms with E-state index in [1.54, 1.807) is 0 Å². The average Bonchev–Trinajstić information content (AvgIpc) is 4.00. The lowest BCUT2D eigenvalue weighted by Crippen LogP contribution is -2.29. The Morgan fingerprint density at radius 2 is 0.745 bits per heavy atom. The third-order valence-electron chi connectivity index (χ3n) is 9.42. The van der Waals surface area contributed by atoms with E-state index in [1.807, 2.05) is 121 Å². The van der Waals surface area contributed by atoms with E-state index in [2.05, 4.69) is 52.4 Å². The molecule has 7 aromatic rings. The summed E-state index contributed by atoms with van der Waals surface area (Å²) in [5, 5.41) is 21.8. The molecule has 0 amide bonds. The molecular formula is C44H31BN4O2. The second kappa shape index (κ2) is 12.7. The van der Waals surface area contributed by atoms with Gasteiger partial charge in [0.15, 0.2) is 0 Å². The van der Waals surface area contributed by atoms with Gasteiger partial charge in [-0.25, -0.2) is 9.97 Å². The first kappa shape index (κ1) is 30.5. The van der Waals surface area contributed by atoms with Gasteiger partial charge in [0.2, 0.25) is 0 Å². The summed E-state index contributed by atoms with van der Waals surface area (Å²) in [4.78, 5) is 18.0. The number of benzene rings is 4. The van der Waals surface area contributed by atoms with E-state index in [1.165, 1.54) is 0 Å². The van der Waals surface area contributed by atoms with Crippen molar-refractivity contribution < 1.29 is 10.0 Å². The van der Waals surface area contributed by atoms with Gasteiger partial charge >= 0.3 is 7.12 Å². The molecule has 4 aromatic carbocycles. The molecule has 0 saturated heterocycles. The second-order valence-corrected chi connectivity index (χ2v) is 12.6.